The molecule has 0 spiro atoms. The molecule has 2 heterocycles. The van der Waals surface area contributed by atoms with Crippen molar-refractivity contribution in [3.8, 4) is 0 Å². The first-order valence-corrected chi connectivity index (χ1v) is 6.69. The van der Waals surface area contributed by atoms with Crippen molar-refractivity contribution in [3.63, 3.8) is 0 Å². The van der Waals surface area contributed by atoms with Gasteiger partial charge in [-0.25, -0.2) is 0 Å². The second-order valence-electron chi connectivity index (χ2n) is 5.30. The van der Waals surface area contributed by atoms with E-state index in [1.807, 2.05) is 0 Å². The van der Waals surface area contributed by atoms with Gasteiger partial charge in [-0.1, -0.05) is 31.2 Å². The summed E-state index contributed by atoms with van der Waals surface area (Å²) in [7, 11) is 0. The van der Waals surface area contributed by atoms with Gasteiger partial charge >= 0.3 is 0 Å². The lowest BCUT2D eigenvalue weighted by atomic mass is 9.98. The maximum atomic E-state index is 2.77. The van der Waals surface area contributed by atoms with E-state index in [-0.39, 0.29) is 0 Å². The van der Waals surface area contributed by atoms with Crippen LogP contribution in [0.2, 0.25) is 0 Å². The lowest BCUT2D eigenvalue weighted by molar-refractivity contribution is 0.0647. The number of nitrogens with zero attached hydrogens (tertiary/aromatic N) is 1. The van der Waals surface area contributed by atoms with E-state index < -0.39 is 0 Å². The summed E-state index contributed by atoms with van der Waals surface area (Å²) in [5, 5.41) is 0. The van der Waals surface area contributed by atoms with Crippen LogP contribution in [0.3, 0.4) is 0 Å². The van der Waals surface area contributed by atoms with Gasteiger partial charge in [-0.15, -0.1) is 0 Å². The summed E-state index contributed by atoms with van der Waals surface area (Å²) in [4.78, 5) is 2.77. The number of hydrogen-bond acceptors (Lipinski definition) is 1. The van der Waals surface area contributed by atoms with Gasteiger partial charge in [0.15, 0.2) is 0 Å². The molecule has 0 aliphatic carbocycles. The Kier molecular flexibility index (Phi) is 2.51. The van der Waals surface area contributed by atoms with Gasteiger partial charge in [0, 0.05) is 18.1 Å². The molecule has 0 aromatic heterocycles. The Morgan fingerprint density at radius 3 is 2.25 bits per heavy atom. The second kappa shape index (κ2) is 3.89. The van der Waals surface area contributed by atoms with Crippen LogP contribution in [-0.2, 0) is 0 Å². The Bertz CT molecular complexity index is 354. The van der Waals surface area contributed by atoms with Crippen LogP contribution in [0, 0.1) is 0 Å². The van der Waals surface area contributed by atoms with Crippen LogP contribution < -0.4 is 0 Å². The molecule has 16 heavy (non-hydrogen) atoms. The molecule has 1 aromatic rings. The highest BCUT2D eigenvalue weighted by Gasteiger charge is 2.42. The smallest absolute Gasteiger partial charge is 0.0360 e. The molecule has 1 nitrogen and oxygen atoms in total. The lowest BCUT2D eigenvalue weighted by Gasteiger charge is -2.39. The van der Waals surface area contributed by atoms with Gasteiger partial charge < -0.3 is 0 Å². The number of piperidine rings is 1. The molecule has 0 N–H and O–H groups in total. The van der Waals surface area contributed by atoms with Crippen molar-refractivity contribution < 1.29 is 0 Å². The van der Waals surface area contributed by atoms with E-state index >= 15 is 0 Å². The van der Waals surface area contributed by atoms with Gasteiger partial charge in [-0.05, 0) is 43.7 Å². The number of fused-ring (bicyclic) bond motifs is 5. The number of rotatable bonds is 2. The summed E-state index contributed by atoms with van der Waals surface area (Å²) in [5.74, 6) is 0. The largest absolute Gasteiger partial charge is 0.287 e. The molecule has 1 saturated heterocycles. The minimum absolute atomic E-state index is 0.713. The monoisotopic (exact) mass is 215 g/mol. The lowest BCUT2D eigenvalue weighted by Crippen LogP contribution is -2.37. The first kappa shape index (κ1) is 10.3. The van der Waals surface area contributed by atoms with Gasteiger partial charge in [0.2, 0.25) is 0 Å². The third kappa shape index (κ3) is 1.34. The summed E-state index contributed by atoms with van der Waals surface area (Å²) in [6, 6.07) is 11.3. The van der Waals surface area contributed by atoms with Crippen LogP contribution in [0.25, 0.3) is 0 Å². The zero-order valence-corrected chi connectivity index (χ0v) is 10.3. The van der Waals surface area contributed by atoms with E-state index in [1.54, 1.807) is 11.1 Å². The van der Waals surface area contributed by atoms with Crippen molar-refractivity contribution in [2.45, 2.75) is 57.7 Å². The molecule has 2 aliphatic heterocycles. The molecule has 0 saturated carbocycles. The molecule has 0 radical (unpaired) electrons. The van der Waals surface area contributed by atoms with E-state index in [9.17, 15) is 0 Å². The fourth-order valence-corrected chi connectivity index (χ4v) is 3.60. The van der Waals surface area contributed by atoms with E-state index in [4.69, 9.17) is 0 Å². The van der Waals surface area contributed by atoms with E-state index in [0.29, 0.717) is 12.1 Å². The normalized spacial score (nSPS) is 30.1. The highest BCUT2D eigenvalue weighted by atomic mass is 15.2. The SMILES string of the molecule is CCC(C)N1C2CCCC1c1ccccc12. The summed E-state index contributed by atoms with van der Waals surface area (Å²) < 4.78 is 0. The third-order valence-corrected chi connectivity index (χ3v) is 4.49. The molecule has 2 aliphatic rings. The Hall–Kier alpha value is -0.820. The van der Waals surface area contributed by atoms with Crippen LogP contribution in [0.4, 0.5) is 0 Å². The summed E-state index contributed by atoms with van der Waals surface area (Å²) in [6.07, 6.45) is 5.38. The highest BCUT2D eigenvalue weighted by molar-refractivity contribution is 5.38. The van der Waals surface area contributed by atoms with Crippen molar-refractivity contribution >= 4 is 0 Å². The Labute approximate surface area is 98.5 Å². The van der Waals surface area contributed by atoms with Crippen LogP contribution in [0.15, 0.2) is 24.3 Å². The van der Waals surface area contributed by atoms with E-state index in [2.05, 4.69) is 43.0 Å². The minimum atomic E-state index is 0.713. The number of hydrogen-bond donors (Lipinski definition) is 0. The fourth-order valence-electron chi connectivity index (χ4n) is 3.60. The summed E-state index contributed by atoms with van der Waals surface area (Å²) in [6.45, 7) is 4.70. The molecule has 1 fully saturated rings. The molecule has 3 unspecified atom stereocenters. The summed E-state index contributed by atoms with van der Waals surface area (Å²) >= 11 is 0. The third-order valence-electron chi connectivity index (χ3n) is 4.49. The van der Waals surface area contributed by atoms with Crippen molar-refractivity contribution in [1.82, 2.24) is 4.90 Å². The van der Waals surface area contributed by atoms with Crippen LogP contribution in [0.1, 0.15) is 62.7 Å². The van der Waals surface area contributed by atoms with Crippen LogP contribution in [-0.4, -0.2) is 10.9 Å². The predicted octanol–water partition coefficient (Wildman–Crippen LogP) is 4.07. The molecule has 2 bridgehead atoms. The second-order valence-corrected chi connectivity index (χ2v) is 5.30. The Morgan fingerprint density at radius 2 is 1.75 bits per heavy atom. The van der Waals surface area contributed by atoms with Gasteiger partial charge in [-0.3, -0.25) is 4.90 Å². The molecule has 3 rings (SSSR count). The van der Waals surface area contributed by atoms with E-state index in [0.717, 1.165) is 6.04 Å². The van der Waals surface area contributed by atoms with Crippen LogP contribution >= 0.6 is 0 Å². The van der Waals surface area contributed by atoms with E-state index in [1.165, 1.54) is 25.7 Å². The average Bonchev–Trinajstić information content (AvgIpc) is 2.54. The quantitative estimate of drug-likeness (QED) is 0.719. The Morgan fingerprint density at radius 1 is 1.19 bits per heavy atom. The van der Waals surface area contributed by atoms with Crippen LogP contribution in [0.5, 0.6) is 0 Å². The van der Waals surface area contributed by atoms with Crippen molar-refractivity contribution in [2.24, 2.45) is 0 Å². The zero-order chi connectivity index (χ0) is 11.1. The molecule has 1 aromatic carbocycles. The zero-order valence-electron chi connectivity index (χ0n) is 10.3. The maximum absolute atomic E-state index is 2.77. The standard InChI is InChI=1S/C15H21N/c1-3-11(2)16-14-9-6-10-15(16)13-8-5-4-7-12(13)14/h4-5,7-8,11,14-15H,3,6,9-10H2,1-2H3. The first-order chi connectivity index (χ1) is 7.83. The maximum Gasteiger partial charge on any atom is 0.0360 e. The molecular formula is C15H21N. The number of benzene rings is 1. The molecular weight excluding hydrogens is 194 g/mol. The highest BCUT2D eigenvalue weighted by Crippen LogP contribution is 2.51. The van der Waals surface area contributed by atoms with Crippen molar-refractivity contribution in [1.29, 1.82) is 0 Å². The summed E-state index contributed by atoms with van der Waals surface area (Å²) in [5.41, 5.74) is 3.23. The predicted molar refractivity (Wildman–Crippen MR) is 67.4 cm³/mol. The van der Waals surface area contributed by atoms with Gasteiger partial charge in [0.1, 0.15) is 0 Å². The molecule has 3 atom stereocenters. The van der Waals surface area contributed by atoms with Gasteiger partial charge in [0.25, 0.3) is 0 Å². The first-order valence-electron chi connectivity index (χ1n) is 6.69. The van der Waals surface area contributed by atoms with Gasteiger partial charge in [0.05, 0.1) is 0 Å². The molecule has 86 valence electrons. The topological polar surface area (TPSA) is 3.24 Å². The average molecular weight is 215 g/mol. The van der Waals surface area contributed by atoms with Gasteiger partial charge in [-0.2, -0.15) is 0 Å². The fraction of sp³-hybridized carbons (Fsp3) is 0.600. The van der Waals surface area contributed by atoms with Crippen molar-refractivity contribution in [2.75, 3.05) is 0 Å². The molecule has 0 amide bonds. The molecule has 1 heteroatoms. The van der Waals surface area contributed by atoms with Crippen molar-refractivity contribution in [3.05, 3.63) is 35.4 Å². The Balaban J connectivity index is 2.03. The minimum Gasteiger partial charge on any atom is -0.287 e.